The Balaban J connectivity index is 4.50. The molecule has 1 unspecified atom stereocenters. The highest BCUT2D eigenvalue weighted by Gasteiger charge is 2.25. The Morgan fingerprint density at radius 2 is 1.50 bits per heavy atom. The minimum absolute atomic E-state index is 0.0814. The summed E-state index contributed by atoms with van der Waals surface area (Å²) >= 11 is 0. The monoisotopic (exact) mass is 288 g/mol. The first-order valence-electron chi connectivity index (χ1n) is 6.79. The van der Waals surface area contributed by atoms with Gasteiger partial charge < -0.3 is 15.2 Å². The molecule has 0 aromatic rings. The third-order valence-corrected chi connectivity index (χ3v) is 2.10. The lowest BCUT2D eigenvalue weighted by molar-refractivity contribution is -0.155. The van der Waals surface area contributed by atoms with E-state index in [4.69, 9.17) is 15.2 Å². The summed E-state index contributed by atoms with van der Waals surface area (Å²) in [5.41, 5.74) is 4.60. The predicted molar refractivity (Wildman–Crippen MR) is 77.1 cm³/mol. The molecule has 0 saturated heterocycles. The lowest BCUT2D eigenvalue weighted by atomic mass is 10.2. The smallest absolute Gasteiger partial charge is 0.411 e. The van der Waals surface area contributed by atoms with Crippen LogP contribution in [0.15, 0.2) is 0 Å². The second kappa shape index (κ2) is 6.92. The molecule has 0 aromatic carbocycles. The van der Waals surface area contributed by atoms with Crippen LogP contribution in [0.3, 0.4) is 0 Å². The zero-order valence-electron chi connectivity index (χ0n) is 13.6. The molecule has 1 amide bonds. The van der Waals surface area contributed by atoms with Gasteiger partial charge in [0.1, 0.15) is 11.2 Å². The van der Waals surface area contributed by atoms with Crippen molar-refractivity contribution < 1.29 is 19.1 Å². The van der Waals surface area contributed by atoms with Crippen LogP contribution >= 0.6 is 0 Å². The largest absolute Gasteiger partial charge is 0.460 e. The van der Waals surface area contributed by atoms with E-state index in [1.807, 2.05) is 0 Å². The SMILES string of the molecule is CC(N)N(CCC(=O)OC(C)(C)C)C(=O)OC(C)(C)C. The Kier molecular flexibility index (Phi) is 6.47. The van der Waals surface area contributed by atoms with Crippen molar-refractivity contribution in [2.75, 3.05) is 6.54 Å². The van der Waals surface area contributed by atoms with Gasteiger partial charge in [-0.25, -0.2) is 4.79 Å². The molecule has 118 valence electrons. The van der Waals surface area contributed by atoms with Gasteiger partial charge in [0.05, 0.1) is 12.6 Å². The zero-order chi connectivity index (χ0) is 16.1. The van der Waals surface area contributed by atoms with Crippen molar-refractivity contribution in [3.05, 3.63) is 0 Å². The van der Waals surface area contributed by atoms with Crippen molar-refractivity contribution in [3.63, 3.8) is 0 Å². The number of esters is 1. The van der Waals surface area contributed by atoms with Crippen LogP contribution in [0.1, 0.15) is 54.9 Å². The maximum absolute atomic E-state index is 12.0. The second-order valence-corrected chi connectivity index (χ2v) is 6.75. The normalized spacial score (nSPS) is 13.6. The van der Waals surface area contributed by atoms with Gasteiger partial charge in [-0.1, -0.05) is 0 Å². The first-order valence-corrected chi connectivity index (χ1v) is 6.79. The number of hydrogen-bond acceptors (Lipinski definition) is 5. The molecule has 0 radical (unpaired) electrons. The topological polar surface area (TPSA) is 81.9 Å². The molecule has 0 spiro atoms. The number of ether oxygens (including phenoxy) is 2. The Bertz CT molecular complexity index is 340. The van der Waals surface area contributed by atoms with Crippen molar-refractivity contribution in [2.45, 2.75) is 72.3 Å². The molecule has 0 heterocycles. The van der Waals surface area contributed by atoms with Gasteiger partial charge in [0, 0.05) is 6.54 Å². The molecule has 2 N–H and O–H groups in total. The number of hydrogen-bond donors (Lipinski definition) is 1. The molecule has 0 aromatic heterocycles. The highest BCUT2D eigenvalue weighted by molar-refractivity contribution is 5.72. The summed E-state index contributed by atoms with van der Waals surface area (Å²) in [5.74, 6) is -0.369. The minimum Gasteiger partial charge on any atom is -0.460 e. The molecular formula is C14H28N2O4. The molecule has 0 rings (SSSR count). The summed E-state index contributed by atoms with van der Waals surface area (Å²) in [5, 5.41) is 0. The van der Waals surface area contributed by atoms with Crippen LogP contribution in [0.2, 0.25) is 0 Å². The van der Waals surface area contributed by atoms with Crippen molar-refractivity contribution in [3.8, 4) is 0 Å². The highest BCUT2D eigenvalue weighted by Crippen LogP contribution is 2.12. The number of amides is 1. The van der Waals surface area contributed by atoms with E-state index >= 15 is 0 Å². The third-order valence-electron chi connectivity index (χ3n) is 2.10. The van der Waals surface area contributed by atoms with Gasteiger partial charge >= 0.3 is 12.1 Å². The van der Waals surface area contributed by atoms with E-state index in [1.54, 1.807) is 48.5 Å². The quantitative estimate of drug-likeness (QED) is 0.634. The van der Waals surface area contributed by atoms with Crippen molar-refractivity contribution in [1.29, 1.82) is 0 Å². The van der Waals surface area contributed by atoms with Gasteiger partial charge in [-0.05, 0) is 48.5 Å². The Labute approximate surface area is 121 Å². The molecule has 0 aliphatic rings. The lowest BCUT2D eigenvalue weighted by Crippen LogP contribution is -2.47. The van der Waals surface area contributed by atoms with Crippen LogP contribution in [-0.2, 0) is 14.3 Å². The molecule has 0 aliphatic heterocycles. The van der Waals surface area contributed by atoms with Crippen molar-refractivity contribution >= 4 is 12.1 Å². The third kappa shape index (κ3) is 8.74. The van der Waals surface area contributed by atoms with E-state index in [2.05, 4.69) is 0 Å². The standard InChI is InChI=1S/C14H28N2O4/c1-10(15)16(12(18)20-14(5,6)7)9-8-11(17)19-13(2,3)4/h10H,8-9,15H2,1-7H3. The molecule has 6 heteroatoms. The van der Waals surface area contributed by atoms with E-state index in [0.29, 0.717) is 0 Å². The molecular weight excluding hydrogens is 260 g/mol. The van der Waals surface area contributed by atoms with Crippen LogP contribution in [0.5, 0.6) is 0 Å². The van der Waals surface area contributed by atoms with Crippen molar-refractivity contribution in [1.82, 2.24) is 4.90 Å². The molecule has 0 saturated carbocycles. The zero-order valence-corrected chi connectivity index (χ0v) is 13.6. The molecule has 0 fully saturated rings. The van der Waals surface area contributed by atoms with Gasteiger partial charge in [0.15, 0.2) is 0 Å². The Morgan fingerprint density at radius 1 is 1.05 bits per heavy atom. The first-order chi connectivity index (χ1) is 8.82. The summed E-state index contributed by atoms with van der Waals surface area (Å²) in [6, 6.07) is 0. The van der Waals surface area contributed by atoms with Crippen LogP contribution < -0.4 is 5.73 Å². The lowest BCUT2D eigenvalue weighted by Gasteiger charge is -2.30. The average molecular weight is 288 g/mol. The molecule has 6 nitrogen and oxygen atoms in total. The number of nitrogens with two attached hydrogens (primary N) is 1. The first kappa shape index (κ1) is 18.7. The second-order valence-electron chi connectivity index (χ2n) is 6.75. The number of nitrogens with zero attached hydrogens (tertiary/aromatic N) is 1. The molecule has 0 aliphatic carbocycles. The van der Waals surface area contributed by atoms with Gasteiger partial charge in [-0.15, -0.1) is 0 Å². The predicted octanol–water partition coefficient (Wildman–Crippen LogP) is 2.26. The van der Waals surface area contributed by atoms with Gasteiger partial charge in [0.2, 0.25) is 0 Å². The van der Waals surface area contributed by atoms with Crippen LogP contribution in [-0.4, -0.2) is 40.9 Å². The van der Waals surface area contributed by atoms with Crippen LogP contribution in [0.25, 0.3) is 0 Å². The number of carbonyl (C=O) groups is 2. The van der Waals surface area contributed by atoms with E-state index in [9.17, 15) is 9.59 Å². The molecule has 0 bridgehead atoms. The number of carbonyl (C=O) groups excluding carboxylic acids is 2. The van der Waals surface area contributed by atoms with E-state index < -0.39 is 23.5 Å². The maximum Gasteiger partial charge on any atom is 0.411 e. The molecule has 1 atom stereocenters. The average Bonchev–Trinajstić information content (AvgIpc) is 2.10. The summed E-state index contributed by atoms with van der Waals surface area (Å²) in [7, 11) is 0. The van der Waals surface area contributed by atoms with Gasteiger partial charge in [0.25, 0.3) is 0 Å². The summed E-state index contributed by atoms with van der Waals surface area (Å²) in [4.78, 5) is 24.9. The van der Waals surface area contributed by atoms with Gasteiger partial charge in [-0.2, -0.15) is 0 Å². The number of rotatable bonds is 4. The van der Waals surface area contributed by atoms with E-state index in [-0.39, 0.29) is 18.9 Å². The van der Waals surface area contributed by atoms with E-state index in [1.165, 1.54) is 4.90 Å². The Morgan fingerprint density at radius 3 is 1.85 bits per heavy atom. The fourth-order valence-corrected chi connectivity index (χ4v) is 1.39. The highest BCUT2D eigenvalue weighted by atomic mass is 16.6. The fraction of sp³-hybridized carbons (Fsp3) is 0.857. The van der Waals surface area contributed by atoms with Gasteiger partial charge in [-0.3, -0.25) is 9.69 Å². The fourth-order valence-electron chi connectivity index (χ4n) is 1.39. The maximum atomic E-state index is 12.0. The van der Waals surface area contributed by atoms with Crippen molar-refractivity contribution in [2.24, 2.45) is 5.73 Å². The summed E-state index contributed by atoms with van der Waals surface area (Å²) in [6.07, 6.45) is -0.985. The Hall–Kier alpha value is -1.30. The molecule has 20 heavy (non-hydrogen) atoms. The summed E-state index contributed by atoms with van der Waals surface area (Å²) < 4.78 is 10.4. The van der Waals surface area contributed by atoms with E-state index in [0.717, 1.165) is 0 Å². The van der Waals surface area contributed by atoms with Crippen LogP contribution in [0, 0.1) is 0 Å². The minimum atomic E-state index is -0.601. The summed E-state index contributed by atoms with van der Waals surface area (Å²) in [6.45, 7) is 12.5. The van der Waals surface area contributed by atoms with Crippen LogP contribution in [0.4, 0.5) is 4.79 Å².